The van der Waals surface area contributed by atoms with E-state index in [-0.39, 0.29) is 11.2 Å². The van der Waals surface area contributed by atoms with Gasteiger partial charge in [-0.05, 0) is 30.9 Å². The first-order valence-electron chi connectivity index (χ1n) is 7.17. The van der Waals surface area contributed by atoms with Gasteiger partial charge in [0, 0.05) is 32.7 Å². The Morgan fingerprint density at radius 2 is 1.90 bits per heavy atom. The van der Waals surface area contributed by atoms with E-state index in [1.807, 2.05) is 42.3 Å². The van der Waals surface area contributed by atoms with Gasteiger partial charge in [0.25, 0.3) is 0 Å². The average molecular weight is 303 g/mol. The van der Waals surface area contributed by atoms with Crippen LogP contribution in [-0.4, -0.2) is 53.4 Å². The van der Waals surface area contributed by atoms with E-state index in [0.717, 1.165) is 32.7 Å². The fraction of sp³-hybridized carbons (Fsp3) is 0.500. The number of hydrogen-bond donors (Lipinski definition) is 0. The number of hydrogen-bond acceptors (Lipinski definition) is 4. The zero-order valence-electron chi connectivity index (χ0n) is 12.6. The first-order valence-corrected chi connectivity index (χ1v) is 8.46. The molecule has 4 nitrogen and oxygen atoms in total. The molecule has 1 aliphatic heterocycles. The summed E-state index contributed by atoms with van der Waals surface area (Å²) in [6.45, 7) is 6.28. The van der Waals surface area contributed by atoms with Crippen LogP contribution in [0.15, 0.2) is 24.3 Å². The zero-order valence-corrected chi connectivity index (χ0v) is 13.4. The molecule has 2 rings (SSSR count). The Balaban J connectivity index is 1.84. The van der Waals surface area contributed by atoms with Crippen LogP contribution in [0.25, 0.3) is 0 Å². The Labute approximate surface area is 130 Å². The molecule has 112 valence electrons. The van der Waals surface area contributed by atoms with Crippen molar-refractivity contribution in [3.63, 3.8) is 0 Å². The first kappa shape index (κ1) is 15.9. The van der Waals surface area contributed by atoms with Crippen LogP contribution in [0, 0.1) is 11.3 Å². The van der Waals surface area contributed by atoms with Gasteiger partial charge in [0.05, 0.1) is 16.9 Å². The standard InChI is InChI=1S/C16H21N3OS/c1-13(21-2)16(20)19-9-7-18(8-10-19)12-15-5-3-14(11-17)4-6-15/h3-6,13H,7-10,12H2,1-2H3/t13-/m1/s1. The van der Waals surface area contributed by atoms with Crippen molar-refractivity contribution >= 4 is 17.7 Å². The normalized spacial score (nSPS) is 17.3. The molecule has 0 radical (unpaired) electrons. The Hall–Kier alpha value is -1.51. The Kier molecular flexibility index (Phi) is 5.66. The minimum Gasteiger partial charge on any atom is -0.339 e. The van der Waals surface area contributed by atoms with Crippen molar-refractivity contribution in [1.29, 1.82) is 5.26 Å². The van der Waals surface area contributed by atoms with Crippen molar-refractivity contribution in [2.45, 2.75) is 18.7 Å². The largest absolute Gasteiger partial charge is 0.339 e. The molecule has 1 amide bonds. The molecule has 1 atom stereocenters. The van der Waals surface area contributed by atoms with Gasteiger partial charge >= 0.3 is 0 Å². The number of piperazine rings is 1. The molecule has 1 saturated heterocycles. The highest BCUT2D eigenvalue weighted by molar-refractivity contribution is 7.99. The molecule has 0 N–H and O–H groups in total. The second-order valence-corrected chi connectivity index (χ2v) is 6.47. The second-order valence-electron chi connectivity index (χ2n) is 5.29. The Bertz CT molecular complexity index is 515. The number of thioether (sulfide) groups is 1. The summed E-state index contributed by atoms with van der Waals surface area (Å²) in [4.78, 5) is 16.4. The van der Waals surface area contributed by atoms with Crippen LogP contribution in [0.2, 0.25) is 0 Å². The van der Waals surface area contributed by atoms with Gasteiger partial charge in [-0.2, -0.15) is 17.0 Å². The maximum Gasteiger partial charge on any atom is 0.235 e. The van der Waals surface area contributed by atoms with E-state index in [1.54, 1.807) is 11.8 Å². The van der Waals surface area contributed by atoms with Gasteiger partial charge in [0.2, 0.25) is 5.91 Å². The van der Waals surface area contributed by atoms with Crippen LogP contribution >= 0.6 is 11.8 Å². The predicted molar refractivity (Wildman–Crippen MR) is 86.0 cm³/mol. The summed E-state index contributed by atoms with van der Waals surface area (Å²) in [5.74, 6) is 0.250. The third kappa shape index (κ3) is 4.23. The van der Waals surface area contributed by atoms with Crippen LogP contribution in [-0.2, 0) is 11.3 Å². The summed E-state index contributed by atoms with van der Waals surface area (Å²) in [5.41, 5.74) is 1.91. The molecule has 0 spiro atoms. The Morgan fingerprint density at radius 3 is 2.43 bits per heavy atom. The van der Waals surface area contributed by atoms with Gasteiger partial charge < -0.3 is 4.90 Å². The minimum atomic E-state index is 0.0510. The highest BCUT2D eigenvalue weighted by Gasteiger charge is 2.24. The number of amides is 1. The molecule has 1 aromatic carbocycles. The van der Waals surface area contributed by atoms with E-state index in [0.29, 0.717) is 5.56 Å². The quantitative estimate of drug-likeness (QED) is 0.853. The number of benzene rings is 1. The predicted octanol–water partition coefficient (Wildman–Crippen LogP) is 1.95. The smallest absolute Gasteiger partial charge is 0.235 e. The van der Waals surface area contributed by atoms with Crippen LogP contribution in [0.1, 0.15) is 18.1 Å². The third-order valence-corrected chi connectivity index (χ3v) is 4.78. The monoisotopic (exact) mass is 303 g/mol. The fourth-order valence-corrected chi connectivity index (χ4v) is 2.78. The lowest BCUT2D eigenvalue weighted by atomic mass is 10.1. The lowest BCUT2D eigenvalue weighted by Crippen LogP contribution is -2.50. The summed E-state index contributed by atoms with van der Waals surface area (Å²) in [7, 11) is 0. The molecule has 0 aromatic heterocycles. The molecule has 5 heteroatoms. The number of nitrogens with zero attached hydrogens (tertiary/aromatic N) is 3. The summed E-state index contributed by atoms with van der Waals surface area (Å²) < 4.78 is 0. The van der Waals surface area contributed by atoms with E-state index in [9.17, 15) is 4.79 Å². The van der Waals surface area contributed by atoms with Gasteiger partial charge in [-0.3, -0.25) is 9.69 Å². The van der Waals surface area contributed by atoms with E-state index in [2.05, 4.69) is 11.0 Å². The van der Waals surface area contributed by atoms with Gasteiger partial charge in [-0.15, -0.1) is 0 Å². The zero-order chi connectivity index (χ0) is 15.2. The van der Waals surface area contributed by atoms with Crippen molar-refractivity contribution in [1.82, 2.24) is 9.80 Å². The maximum atomic E-state index is 12.1. The van der Waals surface area contributed by atoms with Gasteiger partial charge in [-0.25, -0.2) is 0 Å². The lowest BCUT2D eigenvalue weighted by molar-refractivity contribution is -0.132. The molecule has 1 fully saturated rings. The molecule has 0 bridgehead atoms. The summed E-state index contributed by atoms with van der Waals surface area (Å²) in [6.07, 6.45) is 1.98. The lowest BCUT2D eigenvalue weighted by Gasteiger charge is -2.35. The fourth-order valence-electron chi connectivity index (χ4n) is 2.43. The van der Waals surface area contributed by atoms with Crippen LogP contribution in [0.4, 0.5) is 0 Å². The second kappa shape index (κ2) is 7.48. The van der Waals surface area contributed by atoms with Crippen LogP contribution in [0.5, 0.6) is 0 Å². The van der Waals surface area contributed by atoms with Crippen molar-refractivity contribution in [2.75, 3.05) is 32.4 Å². The third-order valence-electron chi connectivity index (χ3n) is 3.87. The molecule has 1 aromatic rings. The van der Waals surface area contributed by atoms with Crippen molar-refractivity contribution in [3.8, 4) is 6.07 Å². The minimum absolute atomic E-state index is 0.0510. The van der Waals surface area contributed by atoms with Gasteiger partial charge in [-0.1, -0.05) is 12.1 Å². The van der Waals surface area contributed by atoms with E-state index >= 15 is 0 Å². The molecular weight excluding hydrogens is 282 g/mol. The summed E-state index contributed by atoms with van der Waals surface area (Å²) in [5, 5.41) is 8.85. The van der Waals surface area contributed by atoms with Crippen molar-refractivity contribution in [2.24, 2.45) is 0 Å². The highest BCUT2D eigenvalue weighted by Crippen LogP contribution is 2.13. The van der Waals surface area contributed by atoms with E-state index < -0.39 is 0 Å². The van der Waals surface area contributed by atoms with Gasteiger partial charge in [0.15, 0.2) is 0 Å². The molecule has 0 aliphatic carbocycles. The number of carbonyl (C=O) groups is 1. The molecule has 21 heavy (non-hydrogen) atoms. The molecule has 1 aliphatic rings. The number of carbonyl (C=O) groups excluding carboxylic acids is 1. The van der Waals surface area contributed by atoms with Crippen LogP contribution in [0.3, 0.4) is 0 Å². The summed E-state index contributed by atoms with van der Waals surface area (Å²) >= 11 is 1.60. The summed E-state index contributed by atoms with van der Waals surface area (Å²) in [6, 6.07) is 9.86. The topological polar surface area (TPSA) is 47.3 Å². The first-order chi connectivity index (χ1) is 10.1. The highest BCUT2D eigenvalue weighted by atomic mass is 32.2. The van der Waals surface area contributed by atoms with Crippen molar-refractivity contribution < 1.29 is 4.79 Å². The molecule has 1 heterocycles. The number of rotatable bonds is 4. The van der Waals surface area contributed by atoms with E-state index in [1.165, 1.54) is 5.56 Å². The average Bonchev–Trinajstić information content (AvgIpc) is 2.55. The van der Waals surface area contributed by atoms with Crippen molar-refractivity contribution in [3.05, 3.63) is 35.4 Å². The molecular formula is C16H21N3OS. The maximum absolute atomic E-state index is 12.1. The molecule has 0 saturated carbocycles. The number of nitriles is 1. The SMILES string of the molecule is CS[C@H](C)C(=O)N1CCN(Cc2ccc(C#N)cc2)CC1. The van der Waals surface area contributed by atoms with Gasteiger partial charge in [0.1, 0.15) is 0 Å². The molecule has 0 unspecified atom stereocenters. The Morgan fingerprint density at radius 1 is 1.29 bits per heavy atom. The van der Waals surface area contributed by atoms with E-state index in [4.69, 9.17) is 5.26 Å². The van der Waals surface area contributed by atoms with Crippen LogP contribution < -0.4 is 0 Å².